The van der Waals surface area contributed by atoms with Gasteiger partial charge in [0.1, 0.15) is 0 Å². The minimum Gasteiger partial charge on any atom is -0.351 e. The lowest BCUT2D eigenvalue weighted by Gasteiger charge is -2.33. The van der Waals surface area contributed by atoms with Crippen molar-refractivity contribution in [3.05, 3.63) is 71.8 Å². The highest BCUT2D eigenvalue weighted by Crippen LogP contribution is 2.26. The zero-order valence-corrected chi connectivity index (χ0v) is 14.1. The number of carbonyl (C=O) groups is 1. The first-order valence-electron chi connectivity index (χ1n) is 8.06. The quantitative estimate of drug-likeness (QED) is 0.861. The molecular weight excluding hydrogens is 284 g/mol. The van der Waals surface area contributed by atoms with E-state index in [0.29, 0.717) is 6.42 Å². The lowest BCUT2D eigenvalue weighted by molar-refractivity contribution is -0.123. The molecule has 3 N–H and O–H groups in total. The number of hydrogen-bond acceptors (Lipinski definition) is 2. The van der Waals surface area contributed by atoms with Crippen LogP contribution in [0.25, 0.3) is 0 Å². The summed E-state index contributed by atoms with van der Waals surface area (Å²) in [5.41, 5.74) is 8.18. The van der Waals surface area contributed by atoms with Crippen molar-refractivity contribution < 1.29 is 4.79 Å². The molecule has 0 aliphatic heterocycles. The Kier molecular flexibility index (Phi) is 5.56. The first kappa shape index (κ1) is 17.2. The minimum atomic E-state index is -0.536. The van der Waals surface area contributed by atoms with Crippen LogP contribution in [0.3, 0.4) is 0 Å². The number of nitrogens with one attached hydrogen (secondary N) is 1. The molecule has 2 aromatic carbocycles. The highest BCUT2D eigenvalue weighted by molar-refractivity contribution is 5.82. The van der Waals surface area contributed by atoms with Crippen molar-refractivity contribution >= 4 is 5.91 Å². The van der Waals surface area contributed by atoms with Crippen molar-refractivity contribution in [1.29, 1.82) is 0 Å². The van der Waals surface area contributed by atoms with Crippen LogP contribution in [0.5, 0.6) is 0 Å². The van der Waals surface area contributed by atoms with E-state index in [1.54, 1.807) is 0 Å². The maximum Gasteiger partial charge on any atom is 0.237 e. The normalized spacial score (nSPS) is 14.1. The second-order valence-electron chi connectivity index (χ2n) is 6.61. The van der Waals surface area contributed by atoms with Gasteiger partial charge in [0.25, 0.3) is 0 Å². The molecular formula is C20H26N2O. The summed E-state index contributed by atoms with van der Waals surface area (Å²) in [6, 6.07) is 19.5. The van der Waals surface area contributed by atoms with Crippen molar-refractivity contribution in [1.82, 2.24) is 5.32 Å². The predicted octanol–water partition coefficient (Wildman–Crippen LogP) is 3.04. The second-order valence-corrected chi connectivity index (χ2v) is 6.61. The highest BCUT2D eigenvalue weighted by Gasteiger charge is 2.30. The summed E-state index contributed by atoms with van der Waals surface area (Å²) >= 11 is 0. The molecule has 2 rings (SSSR count). The summed E-state index contributed by atoms with van der Waals surface area (Å²) in [4.78, 5) is 12.4. The van der Waals surface area contributed by atoms with E-state index >= 15 is 0 Å². The molecule has 0 aromatic heterocycles. The maximum absolute atomic E-state index is 12.4. The molecule has 0 heterocycles. The molecule has 0 fully saturated rings. The second kappa shape index (κ2) is 7.42. The van der Waals surface area contributed by atoms with Gasteiger partial charge in [0, 0.05) is 11.5 Å². The molecule has 0 saturated carbocycles. The van der Waals surface area contributed by atoms with Gasteiger partial charge in [0.05, 0.1) is 6.04 Å². The van der Waals surface area contributed by atoms with Gasteiger partial charge in [0.15, 0.2) is 0 Å². The summed E-state index contributed by atoms with van der Waals surface area (Å²) in [6.07, 6.45) is 0.547. The Labute approximate surface area is 138 Å². The third-order valence-corrected chi connectivity index (χ3v) is 4.59. The van der Waals surface area contributed by atoms with Gasteiger partial charge >= 0.3 is 0 Å². The van der Waals surface area contributed by atoms with Crippen LogP contribution >= 0.6 is 0 Å². The molecule has 23 heavy (non-hydrogen) atoms. The van der Waals surface area contributed by atoms with E-state index in [2.05, 4.69) is 31.3 Å². The summed E-state index contributed by atoms with van der Waals surface area (Å²) < 4.78 is 0. The molecule has 0 spiro atoms. The summed E-state index contributed by atoms with van der Waals surface area (Å²) in [5.74, 6) is -0.106. The van der Waals surface area contributed by atoms with E-state index < -0.39 is 6.04 Å². The molecule has 122 valence electrons. The fourth-order valence-corrected chi connectivity index (χ4v) is 2.58. The first-order chi connectivity index (χ1) is 10.9. The van der Waals surface area contributed by atoms with Gasteiger partial charge in [-0.15, -0.1) is 0 Å². The molecule has 2 aromatic rings. The van der Waals surface area contributed by atoms with E-state index in [9.17, 15) is 4.79 Å². The third kappa shape index (κ3) is 4.42. The molecule has 0 bridgehead atoms. The molecule has 3 heteroatoms. The van der Waals surface area contributed by atoms with Crippen molar-refractivity contribution in [2.24, 2.45) is 5.73 Å². The number of benzene rings is 2. The lowest BCUT2D eigenvalue weighted by Crippen LogP contribution is -2.51. The lowest BCUT2D eigenvalue weighted by atomic mass is 9.78. The Hall–Kier alpha value is -2.13. The van der Waals surface area contributed by atoms with Crippen LogP contribution in [-0.4, -0.2) is 18.0 Å². The Morgan fingerprint density at radius 2 is 1.57 bits per heavy atom. The van der Waals surface area contributed by atoms with Gasteiger partial charge in [-0.1, -0.05) is 74.5 Å². The topological polar surface area (TPSA) is 55.1 Å². The van der Waals surface area contributed by atoms with Crippen molar-refractivity contribution in [2.45, 2.75) is 44.7 Å². The zero-order valence-electron chi connectivity index (χ0n) is 14.1. The third-order valence-electron chi connectivity index (χ3n) is 4.59. The van der Waals surface area contributed by atoms with E-state index in [-0.39, 0.29) is 17.4 Å². The first-order valence-corrected chi connectivity index (χ1v) is 8.06. The average Bonchev–Trinajstić information content (AvgIpc) is 2.56. The summed E-state index contributed by atoms with van der Waals surface area (Å²) in [7, 11) is 0. The fourth-order valence-electron chi connectivity index (χ4n) is 2.58. The Bertz CT molecular complexity index is 623. The molecule has 0 radical (unpaired) electrons. The van der Waals surface area contributed by atoms with Crippen molar-refractivity contribution in [2.75, 3.05) is 0 Å². The Morgan fingerprint density at radius 1 is 1.04 bits per heavy atom. The molecule has 0 aliphatic carbocycles. The number of amides is 1. The highest BCUT2D eigenvalue weighted by atomic mass is 16.2. The Morgan fingerprint density at radius 3 is 2.13 bits per heavy atom. The molecule has 0 saturated heterocycles. The minimum absolute atomic E-state index is 0.0146. The van der Waals surface area contributed by atoms with Crippen LogP contribution in [0, 0.1) is 0 Å². The monoisotopic (exact) mass is 310 g/mol. The van der Waals surface area contributed by atoms with Gasteiger partial charge in [-0.2, -0.15) is 0 Å². The molecule has 3 nitrogen and oxygen atoms in total. The average molecular weight is 310 g/mol. The van der Waals surface area contributed by atoms with Gasteiger partial charge in [-0.3, -0.25) is 4.79 Å². The van der Waals surface area contributed by atoms with Gasteiger partial charge in [-0.25, -0.2) is 0 Å². The summed E-state index contributed by atoms with van der Waals surface area (Å²) in [6.45, 7) is 6.30. The zero-order chi connectivity index (χ0) is 16.9. The summed E-state index contributed by atoms with van der Waals surface area (Å²) in [5, 5.41) is 3.07. The van der Waals surface area contributed by atoms with E-state index in [1.807, 2.05) is 55.5 Å². The molecule has 1 unspecified atom stereocenters. The van der Waals surface area contributed by atoms with Crippen LogP contribution in [0.2, 0.25) is 0 Å². The fraction of sp³-hybridized carbons (Fsp3) is 0.350. The predicted molar refractivity (Wildman–Crippen MR) is 95.2 cm³/mol. The largest absolute Gasteiger partial charge is 0.351 e. The van der Waals surface area contributed by atoms with Crippen LogP contribution in [0.1, 0.15) is 31.9 Å². The van der Waals surface area contributed by atoms with Gasteiger partial charge in [-0.05, 0) is 24.5 Å². The van der Waals surface area contributed by atoms with Crippen molar-refractivity contribution in [3.63, 3.8) is 0 Å². The molecule has 2 atom stereocenters. The van der Waals surface area contributed by atoms with Crippen LogP contribution in [0.15, 0.2) is 60.7 Å². The van der Waals surface area contributed by atoms with Gasteiger partial charge < -0.3 is 11.1 Å². The van der Waals surface area contributed by atoms with E-state index in [1.165, 1.54) is 5.56 Å². The number of rotatable bonds is 6. The van der Waals surface area contributed by atoms with Crippen LogP contribution < -0.4 is 11.1 Å². The SMILES string of the molecule is CC(NC(=O)[C@@H](N)Cc1ccccc1)C(C)(C)c1ccccc1. The molecule has 0 aliphatic rings. The standard InChI is InChI=1S/C20H26N2O/c1-15(20(2,3)17-12-8-5-9-13-17)22-19(23)18(21)14-16-10-6-4-7-11-16/h4-13,15,18H,14,21H2,1-3H3,(H,22,23)/t15?,18-/m0/s1. The molecule has 1 amide bonds. The van der Waals surface area contributed by atoms with Gasteiger partial charge in [0.2, 0.25) is 5.91 Å². The van der Waals surface area contributed by atoms with Crippen LogP contribution in [-0.2, 0) is 16.6 Å². The number of hydrogen-bond donors (Lipinski definition) is 2. The smallest absolute Gasteiger partial charge is 0.237 e. The maximum atomic E-state index is 12.4. The van der Waals surface area contributed by atoms with Crippen molar-refractivity contribution in [3.8, 4) is 0 Å². The number of carbonyl (C=O) groups excluding carboxylic acids is 1. The van der Waals surface area contributed by atoms with E-state index in [0.717, 1.165) is 5.56 Å². The van der Waals surface area contributed by atoms with E-state index in [4.69, 9.17) is 5.73 Å². The van der Waals surface area contributed by atoms with Crippen LogP contribution in [0.4, 0.5) is 0 Å². The Balaban J connectivity index is 1.99. The number of nitrogens with two attached hydrogens (primary N) is 1.